The van der Waals surface area contributed by atoms with Crippen LogP contribution < -0.4 is 10.6 Å². The Morgan fingerprint density at radius 3 is 2.78 bits per heavy atom. The molecule has 1 atom stereocenters. The number of carbonyl (C=O) groups excluding carboxylic acids is 1. The Bertz CT molecular complexity index is 567. The summed E-state index contributed by atoms with van der Waals surface area (Å²) in [4.78, 5) is 17.9. The SMILES string of the molecule is NC1CC(=O)N(c2nc(-c3ccccc3)cs2)C1. The number of hydrogen-bond acceptors (Lipinski definition) is 4. The minimum Gasteiger partial charge on any atom is -0.326 e. The molecule has 2 aromatic rings. The summed E-state index contributed by atoms with van der Waals surface area (Å²) in [6.07, 6.45) is 0.417. The molecule has 0 aliphatic carbocycles. The van der Waals surface area contributed by atoms with Crippen LogP contribution in [0, 0.1) is 0 Å². The highest BCUT2D eigenvalue weighted by atomic mass is 32.1. The molecular formula is C13H13N3OS. The van der Waals surface area contributed by atoms with Gasteiger partial charge in [-0.3, -0.25) is 9.69 Å². The molecule has 1 aliphatic heterocycles. The minimum atomic E-state index is -0.0680. The van der Waals surface area contributed by atoms with Crippen LogP contribution in [0.5, 0.6) is 0 Å². The average Bonchev–Trinajstić information content (AvgIpc) is 2.97. The Balaban J connectivity index is 1.88. The standard InChI is InChI=1S/C13H13N3OS/c14-10-6-12(17)16(7-10)13-15-11(8-18-13)9-4-2-1-3-5-9/h1-5,8,10H,6-7,14H2. The lowest BCUT2D eigenvalue weighted by atomic mass is 10.2. The van der Waals surface area contributed by atoms with E-state index in [1.54, 1.807) is 4.90 Å². The summed E-state index contributed by atoms with van der Waals surface area (Å²) in [6, 6.07) is 9.88. The van der Waals surface area contributed by atoms with Crippen LogP contribution in [0.25, 0.3) is 11.3 Å². The quantitative estimate of drug-likeness (QED) is 0.895. The van der Waals surface area contributed by atoms with Gasteiger partial charge in [0.15, 0.2) is 5.13 Å². The first-order chi connectivity index (χ1) is 8.74. The van der Waals surface area contributed by atoms with Crippen LogP contribution in [-0.4, -0.2) is 23.5 Å². The number of rotatable bonds is 2. The van der Waals surface area contributed by atoms with Gasteiger partial charge < -0.3 is 5.73 Å². The zero-order valence-corrected chi connectivity index (χ0v) is 10.6. The van der Waals surface area contributed by atoms with E-state index in [4.69, 9.17) is 5.73 Å². The van der Waals surface area contributed by atoms with Gasteiger partial charge in [0.25, 0.3) is 0 Å². The van der Waals surface area contributed by atoms with Gasteiger partial charge in [-0.25, -0.2) is 4.98 Å². The van der Waals surface area contributed by atoms with Gasteiger partial charge in [-0.1, -0.05) is 30.3 Å². The maximum Gasteiger partial charge on any atom is 0.230 e. The maximum absolute atomic E-state index is 11.7. The van der Waals surface area contributed by atoms with Gasteiger partial charge in [0.05, 0.1) is 5.69 Å². The number of nitrogens with two attached hydrogens (primary N) is 1. The smallest absolute Gasteiger partial charge is 0.230 e. The molecule has 0 spiro atoms. The fourth-order valence-electron chi connectivity index (χ4n) is 2.05. The van der Waals surface area contributed by atoms with Crippen molar-refractivity contribution in [2.24, 2.45) is 5.73 Å². The van der Waals surface area contributed by atoms with Crippen molar-refractivity contribution in [3.05, 3.63) is 35.7 Å². The molecule has 0 radical (unpaired) electrons. The van der Waals surface area contributed by atoms with Gasteiger partial charge >= 0.3 is 0 Å². The van der Waals surface area contributed by atoms with Crippen molar-refractivity contribution in [2.45, 2.75) is 12.5 Å². The number of aromatic nitrogens is 1. The lowest BCUT2D eigenvalue weighted by Crippen LogP contribution is -2.27. The van der Waals surface area contributed by atoms with E-state index in [1.807, 2.05) is 35.7 Å². The van der Waals surface area contributed by atoms with Crippen molar-refractivity contribution in [1.29, 1.82) is 0 Å². The normalized spacial score (nSPS) is 19.5. The molecule has 1 unspecified atom stereocenters. The van der Waals surface area contributed by atoms with Crippen LogP contribution in [0.1, 0.15) is 6.42 Å². The van der Waals surface area contributed by atoms with E-state index in [9.17, 15) is 4.79 Å². The second kappa shape index (κ2) is 4.51. The van der Waals surface area contributed by atoms with Gasteiger partial charge in [0.1, 0.15) is 0 Å². The fourth-order valence-corrected chi connectivity index (χ4v) is 2.91. The topological polar surface area (TPSA) is 59.2 Å². The van der Waals surface area contributed by atoms with Crippen LogP contribution in [0.3, 0.4) is 0 Å². The first kappa shape index (κ1) is 11.4. The summed E-state index contributed by atoms with van der Waals surface area (Å²) in [5.74, 6) is 0.0662. The van der Waals surface area contributed by atoms with Crippen LogP contribution in [0.15, 0.2) is 35.7 Å². The molecule has 18 heavy (non-hydrogen) atoms. The van der Waals surface area contributed by atoms with Gasteiger partial charge in [-0.05, 0) is 0 Å². The molecule has 2 N–H and O–H groups in total. The van der Waals surface area contributed by atoms with Crippen molar-refractivity contribution in [3.63, 3.8) is 0 Å². The Kier molecular flexibility index (Phi) is 2.85. The molecule has 2 heterocycles. The van der Waals surface area contributed by atoms with E-state index in [0.717, 1.165) is 16.4 Å². The molecule has 1 aliphatic rings. The molecule has 0 saturated carbocycles. The third-order valence-electron chi connectivity index (χ3n) is 2.95. The third-order valence-corrected chi connectivity index (χ3v) is 3.81. The lowest BCUT2D eigenvalue weighted by molar-refractivity contribution is -0.117. The van der Waals surface area contributed by atoms with E-state index < -0.39 is 0 Å². The predicted octanol–water partition coefficient (Wildman–Crippen LogP) is 1.87. The van der Waals surface area contributed by atoms with Crippen molar-refractivity contribution in [3.8, 4) is 11.3 Å². The second-order valence-corrected chi connectivity index (χ2v) is 5.19. The van der Waals surface area contributed by atoms with Crippen LogP contribution in [-0.2, 0) is 4.79 Å². The van der Waals surface area contributed by atoms with E-state index in [-0.39, 0.29) is 11.9 Å². The number of hydrogen-bond donors (Lipinski definition) is 1. The average molecular weight is 259 g/mol. The van der Waals surface area contributed by atoms with Gasteiger partial charge in [0, 0.05) is 30.0 Å². The molecule has 0 bridgehead atoms. The highest BCUT2D eigenvalue weighted by Crippen LogP contribution is 2.29. The third kappa shape index (κ3) is 2.02. The monoisotopic (exact) mass is 259 g/mol. The predicted molar refractivity (Wildman–Crippen MR) is 72.5 cm³/mol. The number of amides is 1. The lowest BCUT2D eigenvalue weighted by Gasteiger charge is -2.11. The van der Waals surface area contributed by atoms with Crippen LogP contribution in [0.2, 0.25) is 0 Å². The highest BCUT2D eigenvalue weighted by Gasteiger charge is 2.29. The zero-order valence-electron chi connectivity index (χ0n) is 9.74. The summed E-state index contributed by atoms with van der Waals surface area (Å²) >= 11 is 1.49. The molecule has 5 heteroatoms. The molecule has 92 valence electrons. The molecule has 4 nitrogen and oxygen atoms in total. The van der Waals surface area contributed by atoms with Gasteiger partial charge in [-0.15, -0.1) is 11.3 Å². The largest absolute Gasteiger partial charge is 0.326 e. The van der Waals surface area contributed by atoms with Crippen molar-refractivity contribution >= 4 is 22.4 Å². The van der Waals surface area contributed by atoms with Gasteiger partial charge in [-0.2, -0.15) is 0 Å². The number of carbonyl (C=O) groups is 1. The zero-order chi connectivity index (χ0) is 12.5. The van der Waals surface area contributed by atoms with Crippen molar-refractivity contribution < 1.29 is 4.79 Å². The minimum absolute atomic E-state index is 0.0662. The van der Waals surface area contributed by atoms with Crippen molar-refractivity contribution in [2.75, 3.05) is 11.4 Å². The highest BCUT2D eigenvalue weighted by molar-refractivity contribution is 7.14. The summed E-state index contributed by atoms with van der Waals surface area (Å²) in [5.41, 5.74) is 7.76. The molecule has 1 aromatic heterocycles. The molecule has 1 amide bonds. The number of thiazole rings is 1. The van der Waals surface area contributed by atoms with E-state index in [2.05, 4.69) is 4.98 Å². The summed E-state index contributed by atoms with van der Waals surface area (Å²) in [5, 5.41) is 2.72. The molecule has 1 saturated heterocycles. The van der Waals surface area contributed by atoms with E-state index in [0.29, 0.717) is 13.0 Å². The van der Waals surface area contributed by atoms with Crippen molar-refractivity contribution in [1.82, 2.24) is 4.98 Å². The summed E-state index contributed by atoms with van der Waals surface area (Å²) < 4.78 is 0. The molecule has 3 rings (SSSR count). The Morgan fingerprint density at radius 2 is 2.11 bits per heavy atom. The maximum atomic E-state index is 11.7. The number of anilines is 1. The summed E-state index contributed by atoms with van der Waals surface area (Å²) in [6.45, 7) is 0.570. The first-order valence-corrected chi connectivity index (χ1v) is 6.69. The Labute approximate surface area is 109 Å². The number of nitrogens with zero attached hydrogens (tertiary/aromatic N) is 2. The van der Waals surface area contributed by atoms with Crippen LogP contribution >= 0.6 is 11.3 Å². The first-order valence-electron chi connectivity index (χ1n) is 5.81. The molecule has 1 fully saturated rings. The van der Waals surface area contributed by atoms with E-state index in [1.165, 1.54) is 11.3 Å². The van der Waals surface area contributed by atoms with Crippen LogP contribution in [0.4, 0.5) is 5.13 Å². The van der Waals surface area contributed by atoms with E-state index >= 15 is 0 Å². The Morgan fingerprint density at radius 1 is 1.33 bits per heavy atom. The Hall–Kier alpha value is -1.72. The number of benzene rings is 1. The fraction of sp³-hybridized carbons (Fsp3) is 0.231. The van der Waals surface area contributed by atoms with Gasteiger partial charge in [0.2, 0.25) is 5.91 Å². The molecular weight excluding hydrogens is 246 g/mol. The summed E-state index contributed by atoms with van der Waals surface area (Å²) in [7, 11) is 0. The second-order valence-electron chi connectivity index (χ2n) is 4.35. The molecule has 1 aromatic carbocycles.